The van der Waals surface area contributed by atoms with Gasteiger partial charge in [-0.15, -0.1) is 0 Å². The molecule has 22 heavy (non-hydrogen) atoms. The molecule has 0 N–H and O–H groups in total. The van der Waals surface area contributed by atoms with Crippen LogP contribution < -0.4 is 0 Å². The summed E-state index contributed by atoms with van der Waals surface area (Å²) in [6.07, 6.45) is 1.48. The number of aryl methyl sites for hydroxylation is 1. The Morgan fingerprint density at radius 2 is 1.82 bits per heavy atom. The lowest BCUT2D eigenvalue weighted by Gasteiger charge is -2.30. The van der Waals surface area contributed by atoms with E-state index in [9.17, 15) is 8.42 Å². The fraction of sp³-hybridized carbons (Fsp3) is 0.625. The van der Waals surface area contributed by atoms with E-state index < -0.39 is 22.0 Å². The molecule has 1 saturated carbocycles. The molecule has 0 bridgehead atoms. The summed E-state index contributed by atoms with van der Waals surface area (Å²) >= 11 is 0. The summed E-state index contributed by atoms with van der Waals surface area (Å²) in [6.45, 7) is 5.60. The van der Waals surface area contributed by atoms with Gasteiger partial charge in [0.15, 0.2) is 5.79 Å². The molecule has 1 aromatic rings. The van der Waals surface area contributed by atoms with E-state index >= 15 is 0 Å². The van der Waals surface area contributed by atoms with Crippen molar-refractivity contribution in [2.24, 2.45) is 0 Å². The first kappa shape index (κ1) is 15.9. The van der Waals surface area contributed by atoms with Gasteiger partial charge in [0.2, 0.25) is 0 Å². The summed E-state index contributed by atoms with van der Waals surface area (Å²) < 4.78 is 42.0. The third kappa shape index (κ3) is 3.20. The number of hydrogen-bond acceptors (Lipinski definition) is 5. The van der Waals surface area contributed by atoms with Gasteiger partial charge in [-0.1, -0.05) is 17.7 Å². The van der Waals surface area contributed by atoms with Crippen molar-refractivity contribution in [2.45, 2.75) is 69.0 Å². The Balaban J connectivity index is 1.78. The van der Waals surface area contributed by atoms with E-state index in [0.29, 0.717) is 6.42 Å². The Bertz CT molecular complexity index is 635. The minimum absolute atomic E-state index is 0.0954. The zero-order valence-corrected chi connectivity index (χ0v) is 13.9. The average Bonchev–Trinajstić information content (AvgIpc) is 2.74. The van der Waals surface area contributed by atoms with Gasteiger partial charge in [0.1, 0.15) is 12.2 Å². The molecule has 0 aromatic heterocycles. The normalized spacial score (nSPS) is 31.0. The van der Waals surface area contributed by atoms with Gasteiger partial charge in [0.05, 0.1) is 11.0 Å². The van der Waals surface area contributed by atoms with Crippen LogP contribution in [0.25, 0.3) is 0 Å². The van der Waals surface area contributed by atoms with Crippen molar-refractivity contribution < 1.29 is 22.1 Å². The molecule has 3 rings (SSSR count). The SMILES string of the molecule is Cc1ccc(S(=O)(=O)O[C@@H]2CCC[C@H]3OC(C)(C)O[C@H]32)cc1. The zero-order valence-electron chi connectivity index (χ0n) is 13.1. The van der Waals surface area contributed by atoms with Gasteiger partial charge in [0.25, 0.3) is 10.1 Å². The van der Waals surface area contributed by atoms with E-state index in [2.05, 4.69) is 0 Å². The molecule has 1 heterocycles. The molecule has 2 aliphatic rings. The quantitative estimate of drug-likeness (QED) is 0.799. The standard InChI is InChI=1S/C16H22O5S/c1-11-7-9-12(10-8-11)22(17,18)21-14-6-4-5-13-15(14)20-16(2,3)19-13/h7-10,13-15H,4-6H2,1-3H3/t13-,14-,15-/m1/s1. The molecule has 6 heteroatoms. The average molecular weight is 326 g/mol. The minimum Gasteiger partial charge on any atom is -0.344 e. The molecule has 3 atom stereocenters. The Hall–Kier alpha value is -0.950. The summed E-state index contributed by atoms with van der Waals surface area (Å²) in [4.78, 5) is 0.179. The Kier molecular flexibility index (Phi) is 4.05. The number of fused-ring (bicyclic) bond motifs is 1. The summed E-state index contributed by atoms with van der Waals surface area (Å²) in [5, 5.41) is 0. The minimum atomic E-state index is -3.79. The van der Waals surface area contributed by atoms with Crippen molar-refractivity contribution >= 4 is 10.1 Å². The number of rotatable bonds is 3. The van der Waals surface area contributed by atoms with Crippen molar-refractivity contribution in [2.75, 3.05) is 0 Å². The van der Waals surface area contributed by atoms with Crippen molar-refractivity contribution in [3.8, 4) is 0 Å². The molecule has 0 amide bonds. The van der Waals surface area contributed by atoms with E-state index in [-0.39, 0.29) is 17.1 Å². The maximum Gasteiger partial charge on any atom is 0.297 e. The van der Waals surface area contributed by atoms with Crippen LogP contribution in [-0.4, -0.2) is 32.5 Å². The topological polar surface area (TPSA) is 61.8 Å². The van der Waals surface area contributed by atoms with Gasteiger partial charge >= 0.3 is 0 Å². The highest BCUT2D eigenvalue weighted by atomic mass is 32.2. The maximum absolute atomic E-state index is 12.4. The molecule has 0 spiro atoms. The third-order valence-corrected chi connectivity index (χ3v) is 5.48. The third-order valence-electron chi connectivity index (χ3n) is 4.13. The van der Waals surface area contributed by atoms with Gasteiger partial charge in [-0.25, -0.2) is 0 Å². The van der Waals surface area contributed by atoms with Gasteiger partial charge in [-0.2, -0.15) is 8.42 Å². The molecule has 1 aliphatic carbocycles. The van der Waals surface area contributed by atoms with E-state index in [4.69, 9.17) is 13.7 Å². The van der Waals surface area contributed by atoms with Crippen LogP contribution in [0.1, 0.15) is 38.7 Å². The van der Waals surface area contributed by atoms with Crippen molar-refractivity contribution in [1.82, 2.24) is 0 Å². The van der Waals surface area contributed by atoms with Gasteiger partial charge in [0, 0.05) is 0 Å². The van der Waals surface area contributed by atoms with Crippen LogP contribution in [0.5, 0.6) is 0 Å². The molecule has 122 valence electrons. The summed E-state index contributed by atoms with van der Waals surface area (Å²) in [5.41, 5.74) is 1.01. The highest BCUT2D eigenvalue weighted by Gasteiger charge is 2.48. The maximum atomic E-state index is 12.4. The second kappa shape index (κ2) is 5.60. The van der Waals surface area contributed by atoms with Crippen LogP contribution in [0.2, 0.25) is 0 Å². The van der Waals surface area contributed by atoms with Gasteiger partial charge < -0.3 is 9.47 Å². The van der Waals surface area contributed by atoms with Crippen LogP contribution in [-0.2, 0) is 23.8 Å². The lowest BCUT2D eigenvalue weighted by atomic mass is 9.92. The summed E-state index contributed by atoms with van der Waals surface area (Å²) in [7, 11) is -3.79. The van der Waals surface area contributed by atoms with Crippen LogP contribution in [0.15, 0.2) is 29.2 Å². The van der Waals surface area contributed by atoms with E-state index in [1.165, 1.54) is 0 Å². The fourth-order valence-corrected chi connectivity index (χ4v) is 4.22. The van der Waals surface area contributed by atoms with Gasteiger partial charge in [-0.3, -0.25) is 4.18 Å². The molecule has 0 radical (unpaired) electrons. The summed E-state index contributed by atoms with van der Waals surface area (Å²) in [6, 6.07) is 6.66. The predicted molar refractivity (Wildman–Crippen MR) is 80.9 cm³/mol. The molecular weight excluding hydrogens is 304 g/mol. The van der Waals surface area contributed by atoms with Crippen molar-refractivity contribution in [3.63, 3.8) is 0 Å². The fourth-order valence-electron chi connectivity index (χ4n) is 3.11. The van der Waals surface area contributed by atoms with Crippen LogP contribution in [0.4, 0.5) is 0 Å². The first-order valence-corrected chi connectivity index (χ1v) is 9.03. The van der Waals surface area contributed by atoms with E-state index in [1.807, 2.05) is 20.8 Å². The smallest absolute Gasteiger partial charge is 0.297 e. The van der Waals surface area contributed by atoms with Crippen LogP contribution in [0.3, 0.4) is 0 Å². The van der Waals surface area contributed by atoms with Gasteiger partial charge in [-0.05, 0) is 52.2 Å². The van der Waals surface area contributed by atoms with Crippen molar-refractivity contribution in [1.29, 1.82) is 0 Å². The largest absolute Gasteiger partial charge is 0.344 e. The molecule has 0 unspecified atom stereocenters. The second-order valence-corrected chi connectivity index (χ2v) is 8.04. The highest BCUT2D eigenvalue weighted by molar-refractivity contribution is 7.86. The summed E-state index contributed by atoms with van der Waals surface area (Å²) in [5.74, 6) is -0.686. The Morgan fingerprint density at radius 3 is 2.50 bits per heavy atom. The molecule has 1 aliphatic heterocycles. The Morgan fingerprint density at radius 1 is 1.14 bits per heavy atom. The van der Waals surface area contributed by atoms with E-state index in [1.54, 1.807) is 24.3 Å². The first-order chi connectivity index (χ1) is 10.3. The van der Waals surface area contributed by atoms with Crippen LogP contribution in [0, 0.1) is 6.92 Å². The number of hydrogen-bond donors (Lipinski definition) is 0. The molecule has 5 nitrogen and oxygen atoms in total. The monoisotopic (exact) mass is 326 g/mol. The zero-order chi connectivity index (χ0) is 16.0. The molecule has 2 fully saturated rings. The first-order valence-electron chi connectivity index (χ1n) is 7.62. The van der Waals surface area contributed by atoms with Crippen molar-refractivity contribution in [3.05, 3.63) is 29.8 Å². The molecular formula is C16H22O5S. The highest BCUT2D eigenvalue weighted by Crippen LogP contribution is 2.38. The molecule has 1 aromatic carbocycles. The number of benzene rings is 1. The van der Waals surface area contributed by atoms with Crippen LogP contribution >= 0.6 is 0 Å². The van der Waals surface area contributed by atoms with E-state index in [0.717, 1.165) is 18.4 Å². The lowest BCUT2D eigenvalue weighted by molar-refractivity contribution is -0.151. The molecule has 1 saturated heterocycles. The lowest BCUT2D eigenvalue weighted by Crippen LogP contribution is -2.42. The second-order valence-electron chi connectivity index (χ2n) is 6.47. The number of ether oxygens (including phenoxy) is 2. The predicted octanol–water partition coefficient (Wildman–Crippen LogP) is 2.77. The Labute approximate surface area is 131 Å².